The molecule has 0 amide bonds. The number of carbonyl (C=O) groups is 1. The largest absolute Gasteiger partial charge is 0.506 e. The Balaban J connectivity index is 2.49. The van der Waals surface area contributed by atoms with Crippen LogP contribution in [0, 0.1) is 5.92 Å². The van der Waals surface area contributed by atoms with Gasteiger partial charge in [-0.25, -0.2) is 4.79 Å². The van der Waals surface area contributed by atoms with Gasteiger partial charge in [0.2, 0.25) is 0 Å². The smallest absolute Gasteiger partial charge is 0.450 e. The van der Waals surface area contributed by atoms with Crippen LogP contribution in [-0.4, -0.2) is 21.2 Å². The number of alkyl halides is 3. The second-order valence-electron chi connectivity index (χ2n) is 4.47. The van der Waals surface area contributed by atoms with Gasteiger partial charge in [-0.15, -0.1) is 0 Å². The summed E-state index contributed by atoms with van der Waals surface area (Å²) in [6.45, 7) is 0. The minimum Gasteiger partial charge on any atom is -0.450 e. The quantitative estimate of drug-likeness (QED) is 0.600. The summed E-state index contributed by atoms with van der Waals surface area (Å²) in [5.74, 6) is 0.271. The summed E-state index contributed by atoms with van der Waals surface area (Å²) >= 11 is 17.0. The van der Waals surface area contributed by atoms with E-state index in [0.717, 1.165) is 25.7 Å². The van der Waals surface area contributed by atoms with Crippen LogP contribution < -0.4 is 0 Å². The van der Waals surface area contributed by atoms with Gasteiger partial charge in [-0.1, -0.05) is 54.1 Å². The Labute approximate surface area is 116 Å². The van der Waals surface area contributed by atoms with Gasteiger partial charge in [0.25, 0.3) is 0 Å². The fraction of sp³-hybridized carbons (Fsp3) is 0.909. The summed E-state index contributed by atoms with van der Waals surface area (Å²) in [4.78, 5) is 10.7. The maximum absolute atomic E-state index is 10.7. The topological polar surface area (TPSA) is 46.5 Å². The van der Waals surface area contributed by atoms with E-state index in [2.05, 4.69) is 0 Å². The maximum atomic E-state index is 10.7. The second kappa shape index (κ2) is 6.91. The Morgan fingerprint density at radius 3 is 2.35 bits per heavy atom. The fourth-order valence-electron chi connectivity index (χ4n) is 2.33. The van der Waals surface area contributed by atoms with Crippen LogP contribution in [-0.2, 0) is 4.74 Å². The predicted octanol–water partition coefficient (Wildman–Crippen LogP) is 4.78. The zero-order valence-corrected chi connectivity index (χ0v) is 11.8. The predicted molar refractivity (Wildman–Crippen MR) is 69.0 cm³/mol. The highest BCUT2D eigenvalue weighted by Gasteiger charge is 2.30. The molecule has 0 saturated heterocycles. The van der Waals surface area contributed by atoms with Crippen molar-refractivity contribution in [2.24, 2.45) is 5.92 Å². The van der Waals surface area contributed by atoms with Gasteiger partial charge in [-0.2, -0.15) is 0 Å². The van der Waals surface area contributed by atoms with Gasteiger partial charge in [0.15, 0.2) is 3.79 Å². The minimum absolute atomic E-state index is 0.271. The van der Waals surface area contributed by atoms with Crippen LogP contribution in [0.5, 0.6) is 0 Å². The monoisotopic (exact) mass is 302 g/mol. The molecule has 1 aliphatic rings. The molecule has 0 heterocycles. The van der Waals surface area contributed by atoms with Crippen LogP contribution in [0.15, 0.2) is 0 Å². The third-order valence-corrected chi connectivity index (χ3v) is 3.71. The van der Waals surface area contributed by atoms with Gasteiger partial charge in [0.05, 0.1) is 0 Å². The zero-order chi connectivity index (χ0) is 12.9. The van der Waals surface area contributed by atoms with E-state index in [1.165, 1.54) is 6.42 Å². The van der Waals surface area contributed by atoms with Crippen LogP contribution in [0.2, 0.25) is 0 Å². The van der Waals surface area contributed by atoms with Crippen LogP contribution in [0.4, 0.5) is 4.79 Å². The molecule has 1 N–H and O–H groups in total. The number of ether oxygens (including phenoxy) is 1. The summed E-state index contributed by atoms with van der Waals surface area (Å²) in [6, 6.07) is 0. The maximum Gasteiger partial charge on any atom is 0.506 e. The van der Waals surface area contributed by atoms with Gasteiger partial charge < -0.3 is 9.84 Å². The first-order valence-electron chi connectivity index (χ1n) is 5.85. The van der Waals surface area contributed by atoms with E-state index in [0.29, 0.717) is 12.8 Å². The Hall–Kier alpha value is 0.140. The molecule has 3 nitrogen and oxygen atoms in total. The van der Waals surface area contributed by atoms with E-state index in [-0.39, 0.29) is 12.0 Å². The number of hydrogen-bond donors (Lipinski definition) is 1. The molecule has 100 valence electrons. The SMILES string of the molecule is O=C(O)OC(CCC(Cl)(Cl)Cl)C1CCCCC1. The Bertz CT molecular complexity index is 247. The lowest BCUT2D eigenvalue weighted by atomic mass is 9.84. The molecule has 6 heteroatoms. The minimum atomic E-state index is -1.34. The van der Waals surface area contributed by atoms with Gasteiger partial charge in [0, 0.05) is 0 Å². The molecule has 0 aromatic rings. The highest BCUT2D eigenvalue weighted by molar-refractivity contribution is 6.67. The first kappa shape index (κ1) is 15.2. The van der Waals surface area contributed by atoms with E-state index in [1.54, 1.807) is 0 Å². The zero-order valence-electron chi connectivity index (χ0n) is 9.50. The number of carboxylic acid groups (broad SMARTS) is 1. The van der Waals surface area contributed by atoms with Gasteiger partial charge in [-0.05, 0) is 31.6 Å². The third kappa shape index (κ3) is 6.58. The summed E-state index contributed by atoms with van der Waals surface area (Å²) in [7, 11) is 0. The van der Waals surface area contributed by atoms with Crippen molar-refractivity contribution in [3.63, 3.8) is 0 Å². The van der Waals surface area contributed by atoms with E-state index in [1.807, 2.05) is 0 Å². The molecule has 0 spiro atoms. The van der Waals surface area contributed by atoms with Crippen LogP contribution in [0.3, 0.4) is 0 Å². The average molecular weight is 304 g/mol. The number of hydrogen-bond acceptors (Lipinski definition) is 2. The Morgan fingerprint density at radius 2 is 1.88 bits per heavy atom. The highest BCUT2D eigenvalue weighted by atomic mass is 35.6. The number of rotatable bonds is 4. The van der Waals surface area contributed by atoms with Crippen LogP contribution in [0.25, 0.3) is 0 Å². The molecular formula is C11H17Cl3O3. The van der Waals surface area contributed by atoms with E-state index < -0.39 is 9.95 Å². The van der Waals surface area contributed by atoms with E-state index in [4.69, 9.17) is 44.6 Å². The summed E-state index contributed by atoms with van der Waals surface area (Å²) in [5.41, 5.74) is 0. The molecule has 1 aliphatic carbocycles. The first-order chi connectivity index (χ1) is 7.88. The average Bonchev–Trinajstić information content (AvgIpc) is 2.24. The number of halogens is 3. The van der Waals surface area contributed by atoms with Crippen molar-refractivity contribution in [1.29, 1.82) is 0 Å². The molecule has 17 heavy (non-hydrogen) atoms. The van der Waals surface area contributed by atoms with Gasteiger partial charge >= 0.3 is 6.16 Å². The standard InChI is InChI=1S/C11H17Cl3O3/c12-11(13,14)7-6-9(17-10(15)16)8-4-2-1-3-5-8/h8-9H,1-7H2,(H,15,16). The van der Waals surface area contributed by atoms with Crippen molar-refractivity contribution in [2.45, 2.75) is 54.8 Å². The van der Waals surface area contributed by atoms with Gasteiger partial charge in [0.1, 0.15) is 6.10 Å². The fourth-order valence-corrected chi connectivity index (χ4v) is 2.66. The van der Waals surface area contributed by atoms with Crippen LogP contribution >= 0.6 is 34.8 Å². The van der Waals surface area contributed by atoms with Crippen molar-refractivity contribution in [3.8, 4) is 0 Å². The lowest BCUT2D eigenvalue weighted by molar-refractivity contribution is 0.0104. The van der Waals surface area contributed by atoms with Crippen molar-refractivity contribution >= 4 is 41.0 Å². The van der Waals surface area contributed by atoms with Crippen molar-refractivity contribution in [3.05, 3.63) is 0 Å². The summed E-state index contributed by atoms with van der Waals surface area (Å²) in [5, 5.41) is 8.72. The van der Waals surface area contributed by atoms with Crippen molar-refractivity contribution in [1.82, 2.24) is 0 Å². The van der Waals surface area contributed by atoms with E-state index >= 15 is 0 Å². The Morgan fingerprint density at radius 1 is 1.29 bits per heavy atom. The molecule has 0 bridgehead atoms. The lowest BCUT2D eigenvalue weighted by Gasteiger charge is -2.29. The second-order valence-corrected chi connectivity index (χ2v) is 6.99. The normalized spacial score (nSPS) is 19.9. The van der Waals surface area contributed by atoms with Crippen molar-refractivity contribution in [2.75, 3.05) is 0 Å². The first-order valence-corrected chi connectivity index (χ1v) is 6.98. The molecule has 0 aromatic carbocycles. The van der Waals surface area contributed by atoms with E-state index in [9.17, 15) is 4.79 Å². The third-order valence-electron chi connectivity index (χ3n) is 3.14. The molecule has 0 aromatic heterocycles. The summed E-state index contributed by atoms with van der Waals surface area (Å²) in [6.07, 6.45) is 4.64. The molecule has 1 atom stereocenters. The highest BCUT2D eigenvalue weighted by Crippen LogP contribution is 2.36. The molecule has 1 rings (SSSR count). The molecule has 0 aliphatic heterocycles. The molecule has 0 radical (unpaired) electrons. The summed E-state index contributed by atoms with van der Waals surface area (Å²) < 4.78 is 3.59. The van der Waals surface area contributed by atoms with Crippen LogP contribution in [0.1, 0.15) is 44.9 Å². The van der Waals surface area contributed by atoms with Crippen molar-refractivity contribution < 1.29 is 14.6 Å². The lowest BCUT2D eigenvalue weighted by Crippen LogP contribution is -2.29. The van der Waals surface area contributed by atoms with Gasteiger partial charge in [-0.3, -0.25) is 0 Å². The molecule has 1 unspecified atom stereocenters. The molecule has 1 fully saturated rings. The molecular weight excluding hydrogens is 286 g/mol. The Kier molecular flexibility index (Phi) is 6.18. The molecule has 1 saturated carbocycles.